The van der Waals surface area contributed by atoms with Gasteiger partial charge in [0.1, 0.15) is 0 Å². The van der Waals surface area contributed by atoms with E-state index < -0.39 is 16.0 Å². The fraction of sp³-hybridized carbons (Fsp3) is 0.579. The second-order valence-corrected chi connectivity index (χ2v) is 8.56. The van der Waals surface area contributed by atoms with Crippen molar-refractivity contribution in [1.82, 2.24) is 9.62 Å². The number of ether oxygens (including phenoxy) is 1. The third-order valence-electron chi connectivity index (χ3n) is 4.46. The molecule has 1 aromatic rings. The SMILES string of the molecule is CCCCCNC(=O)COC(=O)c1cccc(S(=O)(=O)N2CCCCC2)c1. The smallest absolute Gasteiger partial charge is 0.338 e. The van der Waals surface area contributed by atoms with E-state index in [0.29, 0.717) is 19.6 Å². The number of hydrogen-bond acceptors (Lipinski definition) is 5. The number of unbranched alkanes of at least 4 members (excludes halogenated alkanes) is 2. The average molecular weight is 397 g/mol. The van der Waals surface area contributed by atoms with Crippen molar-refractivity contribution in [2.75, 3.05) is 26.2 Å². The fourth-order valence-corrected chi connectivity index (χ4v) is 4.47. The summed E-state index contributed by atoms with van der Waals surface area (Å²) >= 11 is 0. The largest absolute Gasteiger partial charge is 0.452 e. The molecule has 1 fully saturated rings. The molecule has 1 aliphatic heterocycles. The van der Waals surface area contributed by atoms with Crippen LogP contribution in [0.15, 0.2) is 29.2 Å². The molecule has 7 nitrogen and oxygen atoms in total. The van der Waals surface area contributed by atoms with E-state index in [2.05, 4.69) is 12.2 Å². The Kier molecular flexibility index (Phi) is 8.24. The van der Waals surface area contributed by atoms with Gasteiger partial charge in [0.15, 0.2) is 6.61 Å². The molecule has 1 N–H and O–H groups in total. The minimum Gasteiger partial charge on any atom is -0.452 e. The van der Waals surface area contributed by atoms with Crippen LogP contribution < -0.4 is 5.32 Å². The molecule has 0 bridgehead atoms. The second-order valence-electron chi connectivity index (χ2n) is 6.63. The molecule has 150 valence electrons. The fourth-order valence-electron chi connectivity index (χ4n) is 2.91. The van der Waals surface area contributed by atoms with Crippen molar-refractivity contribution in [3.63, 3.8) is 0 Å². The van der Waals surface area contributed by atoms with Crippen LogP contribution >= 0.6 is 0 Å². The number of benzene rings is 1. The molecule has 2 rings (SSSR count). The van der Waals surface area contributed by atoms with E-state index in [1.165, 1.54) is 28.6 Å². The molecule has 0 radical (unpaired) electrons. The van der Waals surface area contributed by atoms with Crippen molar-refractivity contribution < 1.29 is 22.7 Å². The van der Waals surface area contributed by atoms with Crippen molar-refractivity contribution in [3.8, 4) is 0 Å². The lowest BCUT2D eigenvalue weighted by Gasteiger charge is -2.25. The first-order valence-electron chi connectivity index (χ1n) is 9.49. The highest BCUT2D eigenvalue weighted by atomic mass is 32.2. The zero-order valence-electron chi connectivity index (χ0n) is 15.8. The van der Waals surface area contributed by atoms with Gasteiger partial charge in [-0.2, -0.15) is 4.31 Å². The van der Waals surface area contributed by atoms with Crippen LogP contribution in [0, 0.1) is 0 Å². The van der Waals surface area contributed by atoms with Gasteiger partial charge in [-0.1, -0.05) is 32.3 Å². The maximum Gasteiger partial charge on any atom is 0.338 e. The molecule has 1 aromatic carbocycles. The first-order chi connectivity index (χ1) is 12.9. The number of esters is 1. The Morgan fingerprint density at radius 3 is 2.59 bits per heavy atom. The first kappa shape index (κ1) is 21.4. The standard InChI is InChI=1S/C19H28N2O5S/c1-2-3-5-11-20-18(22)15-26-19(23)16-9-8-10-17(14-16)27(24,25)21-12-6-4-7-13-21/h8-10,14H,2-7,11-13,15H2,1H3,(H,20,22). The van der Waals surface area contributed by atoms with Gasteiger partial charge < -0.3 is 10.1 Å². The van der Waals surface area contributed by atoms with Gasteiger partial charge in [-0.05, 0) is 37.5 Å². The lowest BCUT2D eigenvalue weighted by Crippen LogP contribution is -2.35. The van der Waals surface area contributed by atoms with Crippen molar-refractivity contribution in [3.05, 3.63) is 29.8 Å². The summed E-state index contributed by atoms with van der Waals surface area (Å²) in [6.07, 6.45) is 5.67. The molecule has 0 aromatic heterocycles. The number of rotatable bonds is 9. The molecule has 0 spiro atoms. The summed E-state index contributed by atoms with van der Waals surface area (Å²) in [6, 6.07) is 5.78. The third-order valence-corrected chi connectivity index (χ3v) is 6.35. The summed E-state index contributed by atoms with van der Waals surface area (Å²) in [5.74, 6) is -1.08. The van der Waals surface area contributed by atoms with Gasteiger partial charge >= 0.3 is 5.97 Å². The van der Waals surface area contributed by atoms with Crippen LogP contribution in [0.3, 0.4) is 0 Å². The van der Waals surface area contributed by atoms with Crippen LogP contribution in [0.4, 0.5) is 0 Å². The number of amides is 1. The van der Waals surface area contributed by atoms with Gasteiger partial charge in [-0.25, -0.2) is 13.2 Å². The molecule has 1 aliphatic rings. The molecule has 1 heterocycles. The normalized spacial score (nSPS) is 15.3. The summed E-state index contributed by atoms with van der Waals surface area (Å²) in [5.41, 5.74) is 0.117. The quantitative estimate of drug-likeness (QED) is 0.511. The molecule has 8 heteroatoms. The minimum absolute atomic E-state index is 0.0721. The van der Waals surface area contributed by atoms with Crippen LogP contribution in [-0.2, 0) is 19.6 Å². The lowest BCUT2D eigenvalue weighted by atomic mass is 10.2. The summed E-state index contributed by atoms with van der Waals surface area (Å²) < 4.78 is 31.9. The Labute approximate surface area is 161 Å². The second kappa shape index (κ2) is 10.4. The molecule has 0 aliphatic carbocycles. The zero-order valence-corrected chi connectivity index (χ0v) is 16.6. The minimum atomic E-state index is -3.62. The maximum atomic E-state index is 12.7. The van der Waals surface area contributed by atoms with E-state index in [1.807, 2.05) is 0 Å². The average Bonchev–Trinajstić information content (AvgIpc) is 2.70. The first-order valence-corrected chi connectivity index (χ1v) is 10.9. The Morgan fingerprint density at radius 2 is 1.89 bits per heavy atom. The van der Waals surface area contributed by atoms with E-state index in [9.17, 15) is 18.0 Å². The molecular formula is C19H28N2O5S. The van der Waals surface area contributed by atoms with Crippen LogP contribution in [-0.4, -0.2) is 50.8 Å². The number of hydrogen-bond donors (Lipinski definition) is 1. The number of sulfonamides is 1. The highest BCUT2D eigenvalue weighted by Gasteiger charge is 2.26. The molecule has 1 saturated heterocycles. The van der Waals surface area contributed by atoms with Crippen LogP contribution in [0.1, 0.15) is 55.8 Å². The van der Waals surface area contributed by atoms with E-state index in [0.717, 1.165) is 38.5 Å². The number of carbonyl (C=O) groups excluding carboxylic acids is 2. The summed E-state index contributed by atoms with van der Waals surface area (Å²) in [4.78, 5) is 23.9. The Hall–Kier alpha value is -1.93. The van der Waals surface area contributed by atoms with E-state index >= 15 is 0 Å². The van der Waals surface area contributed by atoms with Gasteiger partial charge in [0.25, 0.3) is 5.91 Å². The molecule has 0 atom stereocenters. The molecule has 27 heavy (non-hydrogen) atoms. The zero-order chi connectivity index (χ0) is 19.7. The Balaban J connectivity index is 1.94. The van der Waals surface area contributed by atoms with Gasteiger partial charge in [0, 0.05) is 19.6 Å². The van der Waals surface area contributed by atoms with Gasteiger partial charge in [0.05, 0.1) is 10.5 Å². The molecular weight excluding hydrogens is 368 g/mol. The van der Waals surface area contributed by atoms with Crippen molar-refractivity contribution in [2.45, 2.75) is 50.3 Å². The number of nitrogens with zero attached hydrogens (tertiary/aromatic N) is 1. The van der Waals surface area contributed by atoms with Gasteiger partial charge in [-0.15, -0.1) is 0 Å². The maximum absolute atomic E-state index is 12.7. The highest BCUT2D eigenvalue weighted by Crippen LogP contribution is 2.21. The Morgan fingerprint density at radius 1 is 1.15 bits per heavy atom. The van der Waals surface area contributed by atoms with Crippen molar-refractivity contribution in [2.24, 2.45) is 0 Å². The summed E-state index contributed by atoms with van der Waals surface area (Å²) in [5, 5.41) is 2.68. The van der Waals surface area contributed by atoms with Crippen LogP contribution in [0.2, 0.25) is 0 Å². The van der Waals surface area contributed by atoms with Crippen LogP contribution in [0.5, 0.6) is 0 Å². The number of nitrogens with one attached hydrogen (secondary N) is 1. The molecule has 1 amide bonds. The predicted molar refractivity (Wildman–Crippen MR) is 102 cm³/mol. The van der Waals surface area contributed by atoms with Crippen molar-refractivity contribution >= 4 is 21.9 Å². The molecule has 0 saturated carbocycles. The summed E-state index contributed by atoms with van der Waals surface area (Å²) in [6.45, 7) is 3.23. The monoisotopic (exact) mass is 396 g/mol. The van der Waals surface area contributed by atoms with Gasteiger partial charge in [0.2, 0.25) is 10.0 Å². The van der Waals surface area contributed by atoms with Gasteiger partial charge in [-0.3, -0.25) is 4.79 Å². The predicted octanol–water partition coefficient (Wildman–Crippen LogP) is 2.32. The number of piperidine rings is 1. The van der Waals surface area contributed by atoms with E-state index in [-0.39, 0.29) is 23.0 Å². The van der Waals surface area contributed by atoms with E-state index in [4.69, 9.17) is 4.74 Å². The molecule has 0 unspecified atom stereocenters. The number of carbonyl (C=O) groups is 2. The topological polar surface area (TPSA) is 92.8 Å². The van der Waals surface area contributed by atoms with Crippen molar-refractivity contribution in [1.29, 1.82) is 0 Å². The van der Waals surface area contributed by atoms with Crippen LogP contribution in [0.25, 0.3) is 0 Å². The highest BCUT2D eigenvalue weighted by molar-refractivity contribution is 7.89. The lowest BCUT2D eigenvalue weighted by molar-refractivity contribution is -0.124. The third kappa shape index (κ3) is 6.32. The van der Waals surface area contributed by atoms with E-state index in [1.54, 1.807) is 0 Å². The Bertz CT molecular complexity index is 742. The summed E-state index contributed by atoms with van der Waals surface area (Å²) in [7, 11) is -3.62.